The molecule has 13 rings (SSSR count). The highest BCUT2D eigenvalue weighted by Gasteiger charge is 2.51. The summed E-state index contributed by atoms with van der Waals surface area (Å²) in [6.07, 6.45) is 0. The number of fused-ring (bicyclic) bond motifs is 17. The van der Waals surface area contributed by atoms with Gasteiger partial charge in [-0.25, -0.2) is 0 Å². The first-order chi connectivity index (χ1) is 29.0. The summed E-state index contributed by atoms with van der Waals surface area (Å²) in [7, 11) is 0. The molecule has 0 fully saturated rings. The van der Waals surface area contributed by atoms with Crippen molar-refractivity contribution < 1.29 is 4.74 Å². The van der Waals surface area contributed by atoms with Crippen LogP contribution in [-0.2, 0) is 10.8 Å². The van der Waals surface area contributed by atoms with Crippen molar-refractivity contribution in [3.05, 3.63) is 221 Å². The molecule has 10 aromatic rings. The molecular formula is C56H37NOS. The third kappa shape index (κ3) is 4.35. The fraction of sp³-hybridized carbons (Fsp3) is 0.0714. The second-order valence-electron chi connectivity index (χ2n) is 16.8. The maximum absolute atomic E-state index is 6.75. The molecule has 1 aliphatic heterocycles. The van der Waals surface area contributed by atoms with Gasteiger partial charge in [0.25, 0.3) is 0 Å². The molecule has 0 bridgehead atoms. The zero-order valence-corrected chi connectivity index (χ0v) is 33.5. The van der Waals surface area contributed by atoms with Crippen molar-refractivity contribution in [1.82, 2.24) is 0 Å². The Hall–Kier alpha value is -6.94. The smallest absolute Gasteiger partial charge is 0.132 e. The Morgan fingerprint density at radius 1 is 0.407 bits per heavy atom. The molecule has 3 heteroatoms. The minimum atomic E-state index is -0.600. The molecule has 0 saturated heterocycles. The molecule has 0 N–H and O–H groups in total. The Balaban J connectivity index is 1.12. The van der Waals surface area contributed by atoms with E-state index < -0.39 is 5.41 Å². The lowest BCUT2D eigenvalue weighted by molar-refractivity contribution is 0.436. The van der Waals surface area contributed by atoms with E-state index in [0.29, 0.717) is 0 Å². The highest BCUT2D eigenvalue weighted by atomic mass is 32.1. The first-order valence-electron chi connectivity index (χ1n) is 20.5. The topological polar surface area (TPSA) is 12.5 Å². The van der Waals surface area contributed by atoms with E-state index in [0.717, 1.165) is 28.6 Å². The predicted molar refractivity (Wildman–Crippen MR) is 246 cm³/mol. The highest BCUT2D eigenvalue weighted by Crippen LogP contribution is 2.64. The number of thiophene rings is 1. The average molecular weight is 772 g/mol. The Morgan fingerprint density at radius 2 is 0.983 bits per heavy atom. The first-order valence-corrected chi connectivity index (χ1v) is 21.3. The zero-order chi connectivity index (χ0) is 39.0. The number of benzene rings is 9. The van der Waals surface area contributed by atoms with Crippen molar-refractivity contribution in [3.8, 4) is 33.8 Å². The second kappa shape index (κ2) is 11.8. The van der Waals surface area contributed by atoms with Crippen molar-refractivity contribution in [3.63, 3.8) is 0 Å². The fourth-order valence-electron chi connectivity index (χ4n) is 10.9. The molecule has 0 amide bonds. The van der Waals surface area contributed by atoms with Gasteiger partial charge in [0.05, 0.1) is 5.41 Å². The predicted octanol–water partition coefficient (Wildman–Crippen LogP) is 15.5. The molecule has 1 aromatic heterocycles. The van der Waals surface area contributed by atoms with E-state index in [9.17, 15) is 0 Å². The Kier molecular flexibility index (Phi) is 6.62. The van der Waals surface area contributed by atoms with Gasteiger partial charge < -0.3 is 9.64 Å². The largest absolute Gasteiger partial charge is 0.457 e. The minimum Gasteiger partial charge on any atom is -0.457 e. The summed E-state index contributed by atoms with van der Waals surface area (Å²) in [5.74, 6) is 1.80. The normalized spacial score (nSPS) is 14.7. The van der Waals surface area contributed by atoms with Crippen LogP contribution in [-0.4, -0.2) is 0 Å². The van der Waals surface area contributed by atoms with Crippen LogP contribution in [0, 0.1) is 0 Å². The second-order valence-corrected chi connectivity index (χ2v) is 17.9. The van der Waals surface area contributed by atoms with E-state index >= 15 is 0 Å². The summed E-state index contributed by atoms with van der Waals surface area (Å²) in [5.41, 5.74) is 15.5. The van der Waals surface area contributed by atoms with Gasteiger partial charge in [-0.05, 0) is 116 Å². The van der Waals surface area contributed by atoms with Crippen LogP contribution in [0.15, 0.2) is 188 Å². The molecule has 0 unspecified atom stereocenters. The summed E-state index contributed by atoms with van der Waals surface area (Å²) >= 11 is 1.86. The first kappa shape index (κ1) is 33.1. The summed E-state index contributed by atoms with van der Waals surface area (Å²) in [6.45, 7) is 4.74. The highest BCUT2D eigenvalue weighted by molar-refractivity contribution is 7.25. The van der Waals surface area contributed by atoms with Crippen molar-refractivity contribution in [2.24, 2.45) is 0 Å². The molecular weight excluding hydrogens is 735 g/mol. The molecule has 0 atom stereocenters. The van der Waals surface area contributed by atoms with E-state index in [4.69, 9.17) is 4.74 Å². The summed E-state index contributed by atoms with van der Waals surface area (Å²) in [6, 6.07) is 70.0. The average Bonchev–Trinajstić information content (AvgIpc) is 3.87. The maximum Gasteiger partial charge on any atom is 0.132 e. The molecule has 59 heavy (non-hydrogen) atoms. The van der Waals surface area contributed by atoms with Crippen LogP contribution in [0.1, 0.15) is 47.2 Å². The lowest BCUT2D eigenvalue weighted by Gasteiger charge is -2.39. The number of ether oxygens (including phenoxy) is 1. The van der Waals surface area contributed by atoms with Gasteiger partial charge in [0.1, 0.15) is 11.5 Å². The van der Waals surface area contributed by atoms with Crippen LogP contribution in [0.2, 0.25) is 0 Å². The lowest BCUT2D eigenvalue weighted by Crippen LogP contribution is -2.32. The number of rotatable bonds is 3. The molecule has 0 saturated carbocycles. The van der Waals surface area contributed by atoms with Gasteiger partial charge in [-0.2, -0.15) is 0 Å². The van der Waals surface area contributed by atoms with Gasteiger partial charge in [0.2, 0.25) is 0 Å². The van der Waals surface area contributed by atoms with E-state index in [1.165, 1.54) is 86.6 Å². The SMILES string of the molecule is CC1(C)c2ccccc2-c2ccc(N(c3ccc4c(c3)C3(c5ccccc5Oc5ccccc53)c3ccc5ccccc5c3-4)c3ccc4sc5ccccc5c4c3)cc21. The van der Waals surface area contributed by atoms with E-state index in [1.807, 2.05) is 11.3 Å². The van der Waals surface area contributed by atoms with Crippen molar-refractivity contribution in [1.29, 1.82) is 0 Å². The number of hydrogen-bond acceptors (Lipinski definition) is 3. The van der Waals surface area contributed by atoms with Gasteiger partial charge in [0.15, 0.2) is 0 Å². The van der Waals surface area contributed by atoms with Crippen molar-refractivity contribution in [2.45, 2.75) is 24.7 Å². The zero-order valence-electron chi connectivity index (χ0n) is 32.7. The minimum absolute atomic E-state index is 0.138. The number of anilines is 3. The molecule has 2 heterocycles. The van der Waals surface area contributed by atoms with Gasteiger partial charge in [-0.3, -0.25) is 0 Å². The van der Waals surface area contributed by atoms with Crippen LogP contribution in [0.4, 0.5) is 17.1 Å². The van der Waals surface area contributed by atoms with Crippen LogP contribution >= 0.6 is 11.3 Å². The summed E-state index contributed by atoms with van der Waals surface area (Å²) in [5, 5.41) is 5.09. The number of para-hydroxylation sites is 2. The van der Waals surface area contributed by atoms with Crippen molar-refractivity contribution >= 4 is 59.3 Å². The van der Waals surface area contributed by atoms with Gasteiger partial charge >= 0.3 is 0 Å². The van der Waals surface area contributed by atoms with E-state index in [1.54, 1.807) is 0 Å². The van der Waals surface area contributed by atoms with E-state index in [2.05, 4.69) is 207 Å². The molecule has 2 aliphatic carbocycles. The molecule has 9 aromatic carbocycles. The van der Waals surface area contributed by atoms with Crippen LogP contribution < -0.4 is 9.64 Å². The quantitative estimate of drug-likeness (QED) is 0.177. The van der Waals surface area contributed by atoms with Gasteiger partial charge in [0, 0.05) is 53.8 Å². The molecule has 2 nitrogen and oxygen atoms in total. The Morgan fingerprint density at radius 3 is 1.78 bits per heavy atom. The van der Waals surface area contributed by atoms with Gasteiger partial charge in [-0.1, -0.05) is 141 Å². The molecule has 278 valence electrons. The maximum atomic E-state index is 6.75. The Labute approximate surface area is 347 Å². The third-order valence-corrected chi connectivity index (χ3v) is 14.7. The molecule has 3 aliphatic rings. The summed E-state index contributed by atoms with van der Waals surface area (Å²) < 4.78 is 9.35. The monoisotopic (exact) mass is 771 g/mol. The number of nitrogens with zero attached hydrogens (tertiary/aromatic N) is 1. The van der Waals surface area contributed by atoms with Crippen LogP contribution in [0.3, 0.4) is 0 Å². The summed E-state index contributed by atoms with van der Waals surface area (Å²) in [4.78, 5) is 2.50. The Bertz CT molecular complexity index is 3380. The number of hydrogen-bond donors (Lipinski definition) is 0. The fourth-order valence-corrected chi connectivity index (χ4v) is 12.0. The standard InChI is InChI=1S/C56H37NOS/c1-55(2)44-17-7-5-15-39(44)40-27-24-36(32-48(40)55)57(35-26-30-53-43(31-35)41-16-6-12-22-52(41)59-53)37-25-28-42-49(33-37)56(47-29-23-34-13-3-4-14-38(34)54(42)47)45-18-8-10-20-50(45)58-51-21-11-9-19-46(51)56/h3-33H,1-2H3. The molecule has 0 radical (unpaired) electrons. The lowest BCUT2D eigenvalue weighted by atomic mass is 9.66. The van der Waals surface area contributed by atoms with E-state index in [-0.39, 0.29) is 5.41 Å². The van der Waals surface area contributed by atoms with Gasteiger partial charge in [-0.15, -0.1) is 11.3 Å². The molecule has 1 spiro atoms. The van der Waals surface area contributed by atoms with Crippen LogP contribution in [0.5, 0.6) is 11.5 Å². The van der Waals surface area contributed by atoms with Crippen molar-refractivity contribution in [2.75, 3.05) is 4.90 Å². The van der Waals surface area contributed by atoms with Crippen LogP contribution in [0.25, 0.3) is 53.2 Å². The third-order valence-electron chi connectivity index (χ3n) is 13.5.